The minimum absolute atomic E-state index is 0. The molecule has 0 fully saturated rings. The number of aliphatic hydroxyl groups is 4. The molecule has 0 atom stereocenters. The van der Waals surface area contributed by atoms with E-state index in [1.807, 2.05) is 0 Å². The number of aromatic nitrogens is 4. The molecule has 0 aliphatic carbocycles. The van der Waals surface area contributed by atoms with Crippen LogP contribution in [-0.4, -0.2) is 63.5 Å². The van der Waals surface area contributed by atoms with E-state index in [1.54, 1.807) is 0 Å². The predicted octanol–water partition coefficient (Wildman–Crippen LogP) is 23.3. The van der Waals surface area contributed by atoms with Crippen LogP contribution in [0.15, 0.2) is 205 Å². The largest absolute Gasteiger partial charge is 0.512 e. The number of allylic oxidation sites excluding steroid dienone is 8. The average Bonchev–Trinajstić information content (AvgIpc) is 0.814. The van der Waals surface area contributed by atoms with Crippen molar-refractivity contribution in [3.63, 3.8) is 0 Å². The number of fused-ring (bicyclic) bond motifs is 4. The number of aliphatic hydroxyl groups excluding tert-OH is 4. The molecular weight excluding hydrogens is 2080 g/mol. The Morgan fingerprint density at radius 3 is 0.891 bits per heavy atom. The van der Waals surface area contributed by atoms with Crippen LogP contribution in [0, 0.1) is 121 Å². The van der Waals surface area contributed by atoms with Gasteiger partial charge in [-0.25, -0.2) is 0 Å². The fourth-order valence-corrected chi connectivity index (χ4v) is 11.5. The van der Waals surface area contributed by atoms with E-state index in [0.29, 0.717) is 0 Å². The van der Waals surface area contributed by atoms with Gasteiger partial charge in [0.25, 0.3) is 0 Å². The van der Waals surface area contributed by atoms with Gasteiger partial charge in [-0.15, -0.1) is 140 Å². The second kappa shape index (κ2) is 47.8. The van der Waals surface area contributed by atoms with Crippen molar-refractivity contribution < 1.29 is 120 Å². The molecule has 0 spiro atoms. The Balaban J connectivity index is 0.000000651. The molecule has 0 amide bonds. The molecule has 4 aromatic heterocycles. The predicted molar refractivity (Wildman–Crippen MR) is 439 cm³/mol. The first-order valence-electron chi connectivity index (χ1n) is 34.9. The maximum Gasteiger partial charge on any atom is 0.155 e. The Morgan fingerprint density at radius 2 is 0.527 bits per heavy atom. The van der Waals surface area contributed by atoms with Crippen LogP contribution in [0.4, 0.5) is 0 Å². The third-order valence-corrected chi connectivity index (χ3v) is 15.4. The number of carbonyl (C=O) groups excluding carboxylic acids is 4. The van der Waals surface area contributed by atoms with Gasteiger partial charge in [0, 0.05) is 115 Å². The number of aryl methyl sites for hydroxylation is 14. The topological polar surface area (TPSA) is 201 Å². The zero-order valence-corrected chi connectivity index (χ0v) is 76.4. The van der Waals surface area contributed by atoms with Crippen molar-refractivity contribution in [1.29, 1.82) is 0 Å². The van der Waals surface area contributed by atoms with Gasteiger partial charge < -0.3 is 20.4 Å². The third kappa shape index (κ3) is 34.8. The number of carbonyl (C=O) groups is 4. The summed E-state index contributed by atoms with van der Waals surface area (Å²) >= 11 is 0. The van der Waals surface area contributed by atoms with E-state index in [1.165, 1.54) is 157 Å². The van der Waals surface area contributed by atoms with E-state index in [0.717, 1.165) is 89.4 Å². The van der Waals surface area contributed by atoms with E-state index in [9.17, 15) is 19.2 Å². The molecule has 4 N–H and O–H groups in total. The molecule has 0 aliphatic rings. The van der Waals surface area contributed by atoms with Crippen LogP contribution in [-0.2, 0) is 99.6 Å². The average molecular weight is 2180 g/mol. The first-order valence-corrected chi connectivity index (χ1v) is 34.9. The SMILES string of the molecule is CC(=O)C=C(C)O.CC(=O)C=C(C)O.CC(=O)C=C(C)O.CC(=O)C=C(C)O.Cc1[c-]c(-c2cc(C)c3ccc(C)cc3n2)cc(C)c1.Cc1[c-]c(-c2ccc3c(C)cc(C)cc3n2)cc(C)c1.Cc1[c-]c(-c2ccc3cc(C)ccc3n2)cc(C)c1.Cc1[c-]c(-c2ccc3ccc(C)cc3n2)cc(C)c1.[Ir].[Ir].[Ir].[Ir]. The van der Waals surface area contributed by atoms with Gasteiger partial charge in [-0.05, 0) is 189 Å². The monoisotopic (exact) mass is 2180 g/mol. The molecule has 584 valence electrons. The maximum atomic E-state index is 10.0. The number of hydrogen-bond acceptors (Lipinski definition) is 12. The summed E-state index contributed by atoms with van der Waals surface area (Å²) < 4.78 is 0. The van der Waals surface area contributed by atoms with Gasteiger partial charge in [0.15, 0.2) is 23.1 Å². The smallest absolute Gasteiger partial charge is 0.155 e. The molecule has 0 aliphatic heterocycles. The molecule has 0 saturated carbocycles. The Kier molecular flexibility index (Phi) is 43.0. The van der Waals surface area contributed by atoms with Crippen LogP contribution in [0.25, 0.3) is 88.6 Å². The molecule has 8 aromatic carbocycles. The number of nitrogens with zero attached hydrogens (tertiary/aromatic N) is 4. The molecule has 0 bridgehead atoms. The third-order valence-electron chi connectivity index (χ3n) is 15.4. The second-order valence-electron chi connectivity index (χ2n) is 27.1. The number of ketones is 4. The summed E-state index contributed by atoms with van der Waals surface area (Å²) in [4.78, 5) is 59.2. The Labute approximate surface area is 705 Å². The number of hydrogen-bond donors (Lipinski definition) is 4. The van der Waals surface area contributed by atoms with Crippen molar-refractivity contribution in [3.05, 3.63) is 307 Å². The van der Waals surface area contributed by atoms with Crippen molar-refractivity contribution in [1.82, 2.24) is 19.9 Å². The minimum Gasteiger partial charge on any atom is -0.512 e. The normalized spacial score (nSPS) is 10.7. The molecule has 4 heterocycles. The second-order valence-corrected chi connectivity index (χ2v) is 27.1. The zero-order valence-electron chi connectivity index (χ0n) is 66.9. The zero-order chi connectivity index (χ0) is 78.8. The van der Waals surface area contributed by atoms with E-state index in [-0.39, 0.29) is 127 Å². The Morgan fingerprint density at radius 1 is 0.264 bits per heavy atom. The maximum absolute atomic E-state index is 10.0. The molecule has 4 radical (unpaired) electrons. The van der Waals surface area contributed by atoms with E-state index < -0.39 is 0 Å². The summed E-state index contributed by atoms with van der Waals surface area (Å²) in [5.74, 6) is -0.250. The van der Waals surface area contributed by atoms with Crippen molar-refractivity contribution in [2.75, 3.05) is 0 Å². The molecule has 0 unspecified atom stereocenters. The van der Waals surface area contributed by atoms with Gasteiger partial charge in [-0.1, -0.05) is 140 Å². The van der Waals surface area contributed by atoms with Gasteiger partial charge in [-0.2, -0.15) is 0 Å². The Bertz CT molecular complexity index is 5080. The van der Waals surface area contributed by atoms with Crippen LogP contribution < -0.4 is 0 Å². The van der Waals surface area contributed by atoms with E-state index in [4.69, 9.17) is 40.4 Å². The first-order chi connectivity index (χ1) is 49.8. The van der Waals surface area contributed by atoms with Crippen molar-refractivity contribution in [3.8, 4) is 45.0 Å². The summed E-state index contributed by atoms with van der Waals surface area (Å²) in [7, 11) is 0. The van der Waals surface area contributed by atoms with Gasteiger partial charge in [0.05, 0.1) is 45.1 Å². The van der Waals surface area contributed by atoms with Crippen LogP contribution in [0.3, 0.4) is 0 Å². The summed E-state index contributed by atoms with van der Waals surface area (Å²) in [6.45, 7) is 40.8. The molecule has 12 aromatic rings. The van der Waals surface area contributed by atoms with Crippen LogP contribution in [0.2, 0.25) is 0 Å². The van der Waals surface area contributed by atoms with Crippen LogP contribution in [0.5, 0.6) is 0 Å². The molecule has 110 heavy (non-hydrogen) atoms. The summed E-state index contributed by atoms with van der Waals surface area (Å²) in [5, 5.41) is 38.3. The summed E-state index contributed by atoms with van der Waals surface area (Å²) in [6.07, 6.45) is 4.67. The van der Waals surface area contributed by atoms with Crippen molar-refractivity contribution >= 4 is 66.7 Å². The molecule has 12 rings (SSSR count). The van der Waals surface area contributed by atoms with E-state index >= 15 is 0 Å². The summed E-state index contributed by atoms with van der Waals surface area (Å²) in [6, 6.07) is 69.0. The molecule has 16 heteroatoms. The van der Waals surface area contributed by atoms with Crippen LogP contribution in [0.1, 0.15) is 133 Å². The van der Waals surface area contributed by atoms with Crippen molar-refractivity contribution in [2.45, 2.75) is 152 Å². The minimum atomic E-state index is -0.125. The van der Waals surface area contributed by atoms with Crippen molar-refractivity contribution in [2.24, 2.45) is 0 Å². The molecule has 12 nitrogen and oxygen atoms in total. The fourth-order valence-electron chi connectivity index (χ4n) is 11.5. The van der Waals surface area contributed by atoms with Gasteiger partial charge >= 0.3 is 0 Å². The first kappa shape index (κ1) is 98.8. The Hall–Kier alpha value is -9.16. The number of pyridine rings is 4. The molecular formula is C94H100Ir4N4O8-4. The van der Waals surface area contributed by atoms with E-state index in [2.05, 4.69) is 279 Å². The standard InChI is InChI=1S/2C19H18N.2C18H16N.4C5H8O2.4Ir/c1-12-7-13(2)10-16(9-12)18-6-5-17-15(4)8-14(3)11-19(17)20-18;1-12-5-6-17-15(4)11-18(20-19(17)10-12)16-8-13(2)7-14(3)9-16;1-12-4-6-17-15(9-12)5-7-18(19-17)16-10-13(2)8-14(3)11-16;1-12-4-5-15-6-7-17(19-18(15)11-12)16-9-13(2)8-14(3)10-16;4*1-4(6)3-5(2)7;;;;/h5-9,11H,1-4H3;5-8,10-11H,1-4H3;4-10H,1-3H3;4-9,11H,1-3H3;4*3,6H,1-2H3;;;;/q4*-1;;;;;;;;. The number of rotatable bonds is 8. The fraction of sp³-hybridized carbons (Fsp3) is 0.234. The van der Waals surface area contributed by atoms with Gasteiger partial charge in [0.1, 0.15) is 0 Å². The quantitative estimate of drug-likeness (QED) is 0.0638. The molecule has 0 saturated heterocycles. The number of benzene rings is 8. The van der Waals surface area contributed by atoms with Gasteiger partial charge in [0.2, 0.25) is 0 Å². The van der Waals surface area contributed by atoms with Crippen LogP contribution >= 0.6 is 0 Å². The summed E-state index contributed by atoms with van der Waals surface area (Å²) in [5.41, 5.74) is 29.6. The van der Waals surface area contributed by atoms with Gasteiger partial charge in [-0.3, -0.25) is 39.1 Å².